The molecule has 0 saturated carbocycles. The first-order valence-electron chi connectivity index (χ1n) is 14.8. The summed E-state index contributed by atoms with van der Waals surface area (Å²) >= 11 is 0. The molecule has 0 spiro atoms. The highest BCUT2D eigenvalue weighted by molar-refractivity contribution is 6.08. The Kier molecular flexibility index (Phi) is 8.35. The molecule has 1 fully saturated rings. The van der Waals surface area contributed by atoms with Crippen LogP contribution in [0.25, 0.3) is 16.5 Å². The van der Waals surface area contributed by atoms with Crippen molar-refractivity contribution in [1.82, 2.24) is 15.7 Å². The minimum Gasteiger partial charge on any atom is -0.454 e. The van der Waals surface area contributed by atoms with E-state index in [2.05, 4.69) is 45.4 Å². The van der Waals surface area contributed by atoms with Gasteiger partial charge in [-0.2, -0.15) is 5.10 Å². The Labute approximate surface area is 251 Å². The molecule has 218 valence electrons. The van der Waals surface area contributed by atoms with Gasteiger partial charge in [-0.15, -0.1) is 0 Å². The van der Waals surface area contributed by atoms with Gasteiger partial charge < -0.3 is 25.5 Å². The Morgan fingerprint density at radius 1 is 1.02 bits per heavy atom. The molecule has 43 heavy (non-hydrogen) atoms. The van der Waals surface area contributed by atoms with Gasteiger partial charge in [0.1, 0.15) is 5.82 Å². The van der Waals surface area contributed by atoms with Crippen molar-refractivity contribution in [1.29, 1.82) is 0 Å². The number of allylic oxidation sites excluding steroid dienone is 6. The Morgan fingerprint density at radius 2 is 1.88 bits per heavy atom. The molecule has 3 aromatic rings. The van der Waals surface area contributed by atoms with E-state index in [4.69, 9.17) is 14.5 Å². The first kappa shape index (κ1) is 28.0. The molecular formula is C35H35N5O3. The standard InChI is InChI=1S/C33H29N5O3.C2H6/c39-33(36-25-7-4-8-28-24(15-25)19-35-38-28)27-17-32(34-18-21-5-2-1-3-6-21)37-29-12-9-23(16-26(27)29)22-10-13-30-31(14-11-22)41-20-40-30;1-2/h1-3,5-7,9-10,12-17,19,28,38H,4,8,11,18,20H2,(H,34,37)(H,36,39);1-2H3. The highest BCUT2D eigenvalue weighted by atomic mass is 16.7. The number of nitrogens with one attached hydrogen (secondary N) is 3. The monoisotopic (exact) mass is 573 g/mol. The normalized spacial score (nSPS) is 18.3. The van der Waals surface area contributed by atoms with E-state index in [-0.39, 0.29) is 18.7 Å². The molecule has 0 bridgehead atoms. The van der Waals surface area contributed by atoms with Gasteiger partial charge in [0.25, 0.3) is 5.91 Å². The lowest BCUT2D eigenvalue weighted by molar-refractivity contribution is 0.0966. The number of hydrogen-bond acceptors (Lipinski definition) is 7. The van der Waals surface area contributed by atoms with E-state index < -0.39 is 0 Å². The van der Waals surface area contributed by atoms with Crippen LogP contribution in [0.15, 0.2) is 113 Å². The van der Waals surface area contributed by atoms with E-state index in [1.54, 1.807) is 0 Å². The van der Waals surface area contributed by atoms with E-state index >= 15 is 0 Å². The van der Waals surface area contributed by atoms with Crippen LogP contribution in [0.4, 0.5) is 5.82 Å². The maximum absolute atomic E-state index is 13.9. The molecule has 3 N–H and O–H groups in total. The molecule has 8 nitrogen and oxygen atoms in total. The number of carbonyl (C=O) groups is 1. The van der Waals surface area contributed by atoms with Crippen molar-refractivity contribution >= 4 is 34.4 Å². The van der Waals surface area contributed by atoms with Gasteiger partial charge in [0.15, 0.2) is 11.5 Å². The van der Waals surface area contributed by atoms with Crippen LogP contribution < -0.4 is 16.1 Å². The fraction of sp³-hybridized carbons (Fsp3) is 0.229. The van der Waals surface area contributed by atoms with Crippen LogP contribution >= 0.6 is 0 Å². The van der Waals surface area contributed by atoms with Gasteiger partial charge in [0.05, 0.1) is 23.3 Å². The van der Waals surface area contributed by atoms with Crippen LogP contribution in [-0.2, 0) is 16.0 Å². The number of hydrazone groups is 1. The van der Waals surface area contributed by atoms with E-state index in [9.17, 15) is 4.79 Å². The Hall–Kier alpha value is -5.11. The molecule has 4 aliphatic rings. The first-order valence-corrected chi connectivity index (χ1v) is 14.8. The fourth-order valence-electron chi connectivity index (χ4n) is 5.41. The Morgan fingerprint density at radius 3 is 2.77 bits per heavy atom. The maximum Gasteiger partial charge on any atom is 0.256 e. The van der Waals surface area contributed by atoms with E-state index in [0.717, 1.165) is 63.2 Å². The molecule has 2 aromatic carbocycles. The molecule has 1 atom stereocenters. The number of rotatable bonds is 6. The molecule has 1 unspecified atom stereocenters. The number of carbonyl (C=O) groups excluding carboxylic acids is 1. The average molecular weight is 574 g/mol. The van der Waals surface area contributed by atoms with E-state index in [1.807, 2.05) is 80.8 Å². The minimum absolute atomic E-state index is 0.183. The van der Waals surface area contributed by atoms with Gasteiger partial charge >= 0.3 is 0 Å². The summed E-state index contributed by atoms with van der Waals surface area (Å²) in [4.78, 5) is 18.7. The first-order chi connectivity index (χ1) is 21.2. The molecule has 7 rings (SSSR count). The van der Waals surface area contributed by atoms with Crippen molar-refractivity contribution in [3.05, 3.63) is 124 Å². The van der Waals surface area contributed by atoms with Crippen LogP contribution in [0.2, 0.25) is 0 Å². The summed E-state index contributed by atoms with van der Waals surface area (Å²) in [5.41, 5.74) is 9.52. The summed E-state index contributed by atoms with van der Waals surface area (Å²) in [5.74, 6) is 1.97. The third-order valence-electron chi connectivity index (χ3n) is 7.60. The molecule has 1 amide bonds. The zero-order valence-corrected chi connectivity index (χ0v) is 24.4. The molecule has 3 heterocycles. The summed E-state index contributed by atoms with van der Waals surface area (Å²) < 4.78 is 11.1. The SMILES string of the molecule is CC.O=C(NC1=CCCC2NN=CC2=C1)c1cc(NCc2ccccc2)nc2ccc(C3=CC=C4OCOC4=CC3)cc12. The minimum atomic E-state index is -0.183. The summed E-state index contributed by atoms with van der Waals surface area (Å²) in [6, 6.07) is 18.2. The van der Waals surface area contributed by atoms with Crippen molar-refractivity contribution < 1.29 is 14.3 Å². The number of nitrogens with zero attached hydrogens (tertiary/aromatic N) is 2. The van der Waals surface area contributed by atoms with Crippen LogP contribution in [-0.4, -0.2) is 29.9 Å². The summed E-state index contributed by atoms with van der Waals surface area (Å²) in [6.45, 7) is 4.85. The number of hydrogen-bond donors (Lipinski definition) is 3. The van der Waals surface area contributed by atoms with Gasteiger partial charge in [-0.3, -0.25) is 4.79 Å². The second-order valence-electron chi connectivity index (χ2n) is 10.3. The van der Waals surface area contributed by atoms with Gasteiger partial charge in [-0.05, 0) is 78.0 Å². The highest BCUT2D eigenvalue weighted by Gasteiger charge is 2.22. The molecule has 1 aromatic heterocycles. The van der Waals surface area contributed by atoms with Crippen LogP contribution in [0, 0.1) is 0 Å². The van der Waals surface area contributed by atoms with Crippen molar-refractivity contribution in [3.63, 3.8) is 0 Å². The third-order valence-corrected chi connectivity index (χ3v) is 7.60. The van der Waals surface area contributed by atoms with Crippen LogP contribution in [0.1, 0.15) is 54.6 Å². The van der Waals surface area contributed by atoms with E-state index in [1.165, 1.54) is 0 Å². The number of pyridine rings is 1. The lowest BCUT2D eigenvalue weighted by atomic mass is 9.98. The Balaban J connectivity index is 0.00000161. The molecule has 8 heteroatoms. The second kappa shape index (κ2) is 12.8. The molecule has 1 saturated heterocycles. The van der Waals surface area contributed by atoms with Gasteiger partial charge in [0, 0.05) is 17.6 Å². The Bertz CT molecular complexity index is 1720. The van der Waals surface area contributed by atoms with Crippen molar-refractivity contribution in [2.24, 2.45) is 5.10 Å². The van der Waals surface area contributed by atoms with E-state index in [0.29, 0.717) is 24.3 Å². The number of benzene rings is 2. The summed E-state index contributed by atoms with van der Waals surface area (Å²) in [6.07, 6.45) is 14.4. The molecule has 2 aliphatic carbocycles. The molecule has 2 aliphatic heterocycles. The molecular weight excluding hydrogens is 538 g/mol. The third kappa shape index (κ3) is 6.23. The number of fused-ring (bicyclic) bond motifs is 3. The van der Waals surface area contributed by atoms with Gasteiger partial charge in [0.2, 0.25) is 6.79 Å². The quantitative estimate of drug-likeness (QED) is 0.303. The predicted molar refractivity (Wildman–Crippen MR) is 171 cm³/mol. The topological polar surface area (TPSA) is 96.9 Å². The predicted octanol–water partition coefficient (Wildman–Crippen LogP) is 6.72. The largest absolute Gasteiger partial charge is 0.454 e. The fourth-order valence-corrected chi connectivity index (χ4v) is 5.41. The average Bonchev–Trinajstić information content (AvgIpc) is 3.59. The van der Waals surface area contributed by atoms with Crippen molar-refractivity contribution in [2.45, 2.75) is 45.7 Å². The second-order valence-corrected chi connectivity index (χ2v) is 10.3. The number of aromatic nitrogens is 1. The van der Waals surface area contributed by atoms with Gasteiger partial charge in [-0.25, -0.2) is 4.98 Å². The lowest BCUT2D eigenvalue weighted by Crippen LogP contribution is -2.23. The maximum atomic E-state index is 13.9. The summed E-state index contributed by atoms with van der Waals surface area (Å²) in [7, 11) is 0. The smallest absolute Gasteiger partial charge is 0.256 e. The lowest BCUT2D eigenvalue weighted by Gasteiger charge is -2.14. The zero-order valence-electron chi connectivity index (χ0n) is 24.4. The van der Waals surface area contributed by atoms with Gasteiger partial charge in [-0.1, -0.05) is 62.4 Å². The van der Waals surface area contributed by atoms with Crippen LogP contribution in [0.5, 0.6) is 0 Å². The van der Waals surface area contributed by atoms with Crippen molar-refractivity contribution in [3.8, 4) is 0 Å². The zero-order chi connectivity index (χ0) is 29.6. The van der Waals surface area contributed by atoms with Crippen LogP contribution in [0.3, 0.4) is 0 Å². The number of amides is 1. The summed E-state index contributed by atoms with van der Waals surface area (Å²) in [5, 5.41) is 11.5. The number of anilines is 1. The number of ether oxygens (including phenoxy) is 2. The van der Waals surface area contributed by atoms with Crippen molar-refractivity contribution in [2.75, 3.05) is 12.1 Å². The molecule has 0 radical (unpaired) electrons. The highest BCUT2D eigenvalue weighted by Crippen LogP contribution is 2.32.